The van der Waals surface area contributed by atoms with Crippen LogP contribution in [0.25, 0.3) is 0 Å². The van der Waals surface area contributed by atoms with Crippen molar-refractivity contribution < 1.29 is 9.53 Å². The maximum absolute atomic E-state index is 12.9. The molecule has 1 aromatic carbocycles. The molecule has 1 aliphatic rings. The smallest absolute Gasteiger partial charge is 0.227 e. The van der Waals surface area contributed by atoms with Crippen LogP contribution in [0.1, 0.15) is 29.7 Å². The lowest BCUT2D eigenvalue weighted by Gasteiger charge is -2.39. The van der Waals surface area contributed by atoms with E-state index < -0.39 is 0 Å². The predicted molar refractivity (Wildman–Crippen MR) is 89.0 cm³/mol. The maximum atomic E-state index is 12.9. The highest BCUT2D eigenvalue weighted by molar-refractivity contribution is 5.79. The van der Waals surface area contributed by atoms with Crippen LogP contribution in [-0.4, -0.2) is 35.0 Å². The summed E-state index contributed by atoms with van der Waals surface area (Å²) in [5.41, 5.74) is 3.22. The van der Waals surface area contributed by atoms with Crippen LogP contribution < -0.4 is 0 Å². The minimum atomic E-state index is -0.0120. The Balaban J connectivity index is 1.82. The second kappa shape index (κ2) is 6.92. The first-order chi connectivity index (χ1) is 11.1. The normalized spacial score (nSPS) is 21.2. The molecule has 4 heteroatoms. The number of carbonyl (C=O) groups is 1. The number of morpholine rings is 1. The predicted octanol–water partition coefficient (Wildman–Crippen LogP) is 2.92. The molecule has 1 saturated heterocycles. The standard InChI is InChI=1S/C19H22N2O2/c1-14-11-20-9-8-17(14)10-19(22)21-12-15(2)23-13-18(21)16-6-4-3-5-7-16/h3-9,11,15,18H,10,12-13H2,1-2H3. The average Bonchev–Trinajstić information content (AvgIpc) is 2.57. The average molecular weight is 310 g/mol. The number of ether oxygens (including phenoxy) is 1. The molecular formula is C19H22N2O2. The Labute approximate surface area is 137 Å². The molecule has 0 N–H and O–H groups in total. The summed E-state index contributed by atoms with van der Waals surface area (Å²) >= 11 is 0. The first-order valence-electron chi connectivity index (χ1n) is 8.00. The van der Waals surface area contributed by atoms with E-state index in [1.165, 1.54) is 0 Å². The zero-order chi connectivity index (χ0) is 16.2. The quantitative estimate of drug-likeness (QED) is 0.875. The van der Waals surface area contributed by atoms with Gasteiger partial charge in [0.1, 0.15) is 0 Å². The molecule has 2 unspecified atom stereocenters. The highest BCUT2D eigenvalue weighted by Crippen LogP contribution is 2.27. The van der Waals surface area contributed by atoms with Gasteiger partial charge in [-0.3, -0.25) is 9.78 Å². The van der Waals surface area contributed by atoms with E-state index in [0.717, 1.165) is 16.7 Å². The minimum Gasteiger partial charge on any atom is -0.374 e. The fourth-order valence-electron chi connectivity index (χ4n) is 2.99. The van der Waals surface area contributed by atoms with Crippen LogP contribution in [-0.2, 0) is 16.0 Å². The second-order valence-electron chi connectivity index (χ2n) is 6.10. The summed E-state index contributed by atoms with van der Waals surface area (Å²) in [4.78, 5) is 19.0. The molecule has 1 amide bonds. The zero-order valence-corrected chi connectivity index (χ0v) is 13.6. The Hall–Kier alpha value is -2.20. The van der Waals surface area contributed by atoms with Crippen molar-refractivity contribution in [3.8, 4) is 0 Å². The van der Waals surface area contributed by atoms with Crippen molar-refractivity contribution in [2.75, 3.05) is 13.2 Å². The third kappa shape index (κ3) is 3.59. The SMILES string of the molecule is Cc1cnccc1CC(=O)N1CC(C)OCC1c1ccccc1. The summed E-state index contributed by atoms with van der Waals surface area (Å²) in [5, 5.41) is 0. The molecule has 2 atom stereocenters. The summed E-state index contributed by atoms with van der Waals surface area (Å²) in [6.45, 7) is 5.18. The molecule has 2 aromatic rings. The molecular weight excluding hydrogens is 288 g/mol. The van der Waals surface area contributed by atoms with Gasteiger partial charge < -0.3 is 9.64 Å². The summed E-state index contributed by atoms with van der Waals surface area (Å²) in [7, 11) is 0. The topological polar surface area (TPSA) is 42.4 Å². The molecule has 1 fully saturated rings. The van der Waals surface area contributed by atoms with Gasteiger partial charge in [-0.25, -0.2) is 0 Å². The van der Waals surface area contributed by atoms with Gasteiger partial charge in [0.05, 0.1) is 25.2 Å². The van der Waals surface area contributed by atoms with Gasteiger partial charge in [-0.1, -0.05) is 30.3 Å². The lowest BCUT2D eigenvalue weighted by Crippen LogP contribution is -2.47. The molecule has 2 heterocycles. The largest absolute Gasteiger partial charge is 0.374 e. The summed E-state index contributed by atoms with van der Waals surface area (Å²) in [6.07, 6.45) is 4.02. The number of amides is 1. The van der Waals surface area contributed by atoms with E-state index in [2.05, 4.69) is 17.1 Å². The van der Waals surface area contributed by atoms with Crippen molar-refractivity contribution in [3.63, 3.8) is 0 Å². The van der Waals surface area contributed by atoms with Crippen molar-refractivity contribution in [2.24, 2.45) is 0 Å². The van der Waals surface area contributed by atoms with Crippen LogP contribution in [0.2, 0.25) is 0 Å². The van der Waals surface area contributed by atoms with Crippen LogP contribution in [0.3, 0.4) is 0 Å². The third-order valence-corrected chi connectivity index (χ3v) is 4.35. The van der Waals surface area contributed by atoms with Gasteiger partial charge in [0.15, 0.2) is 0 Å². The van der Waals surface area contributed by atoms with Gasteiger partial charge in [0, 0.05) is 18.9 Å². The monoisotopic (exact) mass is 310 g/mol. The molecule has 0 aliphatic carbocycles. The van der Waals surface area contributed by atoms with Crippen molar-refractivity contribution in [1.82, 2.24) is 9.88 Å². The molecule has 0 radical (unpaired) electrons. The van der Waals surface area contributed by atoms with Crippen LogP contribution in [0.5, 0.6) is 0 Å². The molecule has 0 saturated carbocycles. The highest BCUT2D eigenvalue weighted by atomic mass is 16.5. The van der Waals surface area contributed by atoms with Crippen LogP contribution >= 0.6 is 0 Å². The van der Waals surface area contributed by atoms with E-state index in [1.807, 2.05) is 43.0 Å². The van der Waals surface area contributed by atoms with Crippen LogP contribution in [0, 0.1) is 6.92 Å². The number of nitrogens with zero attached hydrogens (tertiary/aromatic N) is 2. The van der Waals surface area contributed by atoms with Gasteiger partial charge in [0.25, 0.3) is 0 Å². The van der Waals surface area contributed by atoms with Crippen molar-refractivity contribution >= 4 is 5.91 Å². The van der Waals surface area contributed by atoms with Gasteiger partial charge in [0.2, 0.25) is 5.91 Å². The first kappa shape index (κ1) is 15.7. The number of hydrogen-bond acceptors (Lipinski definition) is 3. The molecule has 23 heavy (non-hydrogen) atoms. The van der Waals surface area contributed by atoms with Crippen molar-refractivity contribution in [2.45, 2.75) is 32.4 Å². The second-order valence-corrected chi connectivity index (χ2v) is 6.10. The summed E-state index contributed by atoms with van der Waals surface area (Å²) in [6, 6.07) is 12.0. The number of rotatable bonds is 3. The van der Waals surface area contributed by atoms with E-state index in [0.29, 0.717) is 19.6 Å². The molecule has 120 valence electrons. The van der Waals surface area contributed by atoms with Gasteiger partial charge in [-0.2, -0.15) is 0 Å². The van der Waals surface area contributed by atoms with Crippen molar-refractivity contribution in [1.29, 1.82) is 0 Å². The van der Waals surface area contributed by atoms with Crippen molar-refractivity contribution in [3.05, 3.63) is 65.5 Å². The summed E-state index contributed by atoms with van der Waals surface area (Å²) in [5.74, 6) is 0.142. The Bertz CT molecular complexity index is 672. The van der Waals surface area contributed by atoms with E-state index in [-0.39, 0.29) is 18.1 Å². The number of hydrogen-bond donors (Lipinski definition) is 0. The number of aromatic nitrogens is 1. The molecule has 3 rings (SSSR count). The van der Waals surface area contributed by atoms with E-state index in [9.17, 15) is 4.79 Å². The van der Waals surface area contributed by atoms with E-state index >= 15 is 0 Å². The summed E-state index contributed by atoms with van der Waals surface area (Å²) < 4.78 is 5.80. The fraction of sp³-hybridized carbons (Fsp3) is 0.368. The molecule has 1 aromatic heterocycles. The number of pyridine rings is 1. The highest BCUT2D eigenvalue weighted by Gasteiger charge is 2.31. The molecule has 1 aliphatic heterocycles. The minimum absolute atomic E-state index is 0.0120. The zero-order valence-electron chi connectivity index (χ0n) is 13.6. The van der Waals surface area contributed by atoms with Gasteiger partial charge in [-0.15, -0.1) is 0 Å². The Morgan fingerprint density at radius 3 is 2.83 bits per heavy atom. The maximum Gasteiger partial charge on any atom is 0.227 e. The molecule has 0 spiro atoms. The van der Waals surface area contributed by atoms with E-state index in [1.54, 1.807) is 12.4 Å². The van der Waals surface area contributed by atoms with Crippen LogP contribution in [0.15, 0.2) is 48.8 Å². The lowest BCUT2D eigenvalue weighted by atomic mass is 10.0. The Kier molecular flexibility index (Phi) is 4.72. The van der Waals surface area contributed by atoms with E-state index in [4.69, 9.17) is 4.74 Å². The third-order valence-electron chi connectivity index (χ3n) is 4.35. The lowest BCUT2D eigenvalue weighted by molar-refractivity contribution is -0.144. The molecule has 4 nitrogen and oxygen atoms in total. The molecule has 0 bridgehead atoms. The first-order valence-corrected chi connectivity index (χ1v) is 8.00. The number of carbonyl (C=O) groups excluding carboxylic acids is 1. The van der Waals surface area contributed by atoms with Crippen LogP contribution in [0.4, 0.5) is 0 Å². The fourth-order valence-corrected chi connectivity index (χ4v) is 2.99. The van der Waals surface area contributed by atoms with Gasteiger partial charge in [-0.05, 0) is 36.6 Å². The number of benzene rings is 1. The Morgan fingerprint density at radius 1 is 1.30 bits per heavy atom. The Morgan fingerprint density at radius 2 is 2.09 bits per heavy atom. The number of aryl methyl sites for hydroxylation is 1. The van der Waals surface area contributed by atoms with Gasteiger partial charge >= 0.3 is 0 Å².